The van der Waals surface area contributed by atoms with Crippen LogP contribution in [0.3, 0.4) is 0 Å². The number of benzene rings is 1. The molecule has 1 atom stereocenters. The minimum Gasteiger partial charge on any atom is -0.467 e. The Morgan fingerprint density at radius 3 is 2.85 bits per heavy atom. The zero-order valence-electron chi connectivity index (χ0n) is 13.9. The van der Waals surface area contributed by atoms with Gasteiger partial charge in [-0.1, -0.05) is 0 Å². The first kappa shape index (κ1) is 16.5. The summed E-state index contributed by atoms with van der Waals surface area (Å²) in [6.45, 7) is 0.806. The zero-order valence-corrected chi connectivity index (χ0v) is 14.7. The summed E-state index contributed by atoms with van der Waals surface area (Å²) in [5, 5.41) is 5.77. The Labute approximate surface area is 154 Å². The number of likely N-dealkylation sites (tertiary alicyclic amines) is 1. The normalized spacial score (nSPS) is 16.8. The topological polar surface area (TPSA) is 75.4 Å². The molecule has 1 aliphatic heterocycles. The second kappa shape index (κ2) is 7.13. The van der Waals surface area contributed by atoms with Gasteiger partial charge in [-0.25, -0.2) is 4.98 Å². The molecule has 3 aromatic rings. The summed E-state index contributed by atoms with van der Waals surface area (Å²) in [4.78, 5) is 30.6. The number of furan rings is 1. The molecule has 1 fully saturated rings. The second-order valence-electron chi connectivity index (χ2n) is 6.16. The lowest BCUT2D eigenvalue weighted by Crippen LogP contribution is -2.27. The van der Waals surface area contributed by atoms with Crippen LogP contribution in [0.2, 0.25) is 0 Å². The summed E-state index contributed by atoms with van der Waals surface area (Å²) in [7, 11) is 0. The number of hydrogen-bond acceptors (Lipinski definition) is 5. The predicted molar refractivity (Wildman–Crippen MR) is 98.4 cm³/mol. The van der Waals surface area contributed by atoms with Crippen molar-refractivity contribution in [1.82, 2.24) is 9.88 Å². The standard InChI is InChI=1S/C19H17N3O3S/c23-17-10-14(11-22(17)12-16-2-1-8-25-16)18(24)21-15-5-3-13(4-6-15)19-20-7-9-26-19/h1-9,14H,10-12H2,(H,21,24). The molecule has 1 saturated heterocycles. The molecule has 0 bridgehead atoms. The van der Waals surface area contributed by atoms with E-state index in [1.54, 1.807) is 34.8 Å². The van der Waals surface area contributed by atoms with Crippen molar-refractivity contribution in [2.75, 3.05) is 11.9 Å². The first-order valence-corrected chi connectivity index (χ1v) is 9.18. The van der Waals surface area contributed by atoms with Gasteiger partial charge in [-0.3, -0.25) is 9.59 Å². The van der Waals surface area contributed by atoms with E-state index in [0.717, 1.165) is 16.3 Å². The molecular formula is C19H17N3O3S. The number of nitrogens with zero attached hydrogens (tertiary/aromatic N) is 2. The number of aromatic nitrogens is 1. The highest BCUT2D eigenvalue weighted by Crippen LogP contribution is 2.25. The van der Waals surface area contributed by atoms with E-state index in [1.807, 2.05) is 35.7 Å². The minimum atomic E-state index is -0.351. The maximum Gasteiger partial charge on any atom is 0.229 e. The molecule has 3 heterocycles. The molecule has 0 saturated carbocycles. The van der Waals surface area contributed by atoms with Gasteiger partial charge in [0, 0.05) is 35.8 Å². The largest absolute Gasteiger partial charge is 0.467 e. The molecule has 2 aromatic heterocycles. The first-order valence-electron chi connectivity index (χ1n) is 8.30. The summed E-state index contributed by atoms with van der Waals surface area (Å²) < 4.78 is 5.28. The number of hydrogen-bond donors (Lipinski definition) is 1. The summed E-state index contributed by atoms with van der Waals surface area (Å²) in [5.41, 5.74) is 1.73. The summed E-state index contributed by atoms with van der Waals surface area (Å²) in [5.74, 6) is 0.205. The fraction of sp³-hybridized carbons (Fsp3) is 0.211. The lowest BCUT2D eigenvalue weighted by Gasteiger charge is -2.15. The number of carbonyl (C=O) groups is 2. The number of nitrogens with one attached hydrogen (secondary N) is 1. The molecule has 2 amide bonds. The first-order chi connectivity index (χ1) is 12.7. The molecule has 0 spiro atoms. The highest BCUT2D eigenvalue weighted by atomic mass is 32.1. The molecular weight excluding hydrogens is 350 g/mol. The van der Waals surface area contributed by atoms with E-state index in [9.17, 15) is 9.59 Å². The van der Waals surface area contributed by atoms with Gasteiger partial charge in [0.2, 0.25) is 11.8 Å². The molecule has 0 radical (unpaired) electrons. The van der Waals surface area contributed by atoms with Gasteiger partial charge in [0.15, 0.2) is 0 Å². The van der Waals surface area contributed by atoms with Crippen molar-refractivity contribution in [3.63, 3.8) is 0 Å². The third-order valence-electron chi connectivity index (χ3n) is 4.34. The SMILES string of the molecule is O=C(Nc1ccc(-c2nccs2)cc1)C1CC(=O)N(Cc2ccco2)C1. The molecule has 1 aromatic carbocycles. The van der Waals surface area contributed by atoms with E-state index in [0.29, 0.717) is 18.8 Å². The number of thiazole rings is 1. The van der Waals surface area contributed by atoms with E-state index in [2.05, 4.69) is 10.3 Å². The van der Waals surface area contributed by atoms with Crippen molar-refractivity contribution >= 4 is 28.8 Å². The number of anilines is 1. The lowest BCUT2D eigenvalue weighted by atomic mass is 10.1. The summed E-state index contributed by atoms with van der Waals surface area (Å²) in [6, 6.07) is 11.2. The maximum atomic E-state index is 12.5. The van der Waals surface area contributed by atoms with Crippen LogP contribution in [0.25, 0.3) is 10.6 Å². The highest BCUT2D eigenvalue weighted by Gasteiger charge is 2.34. The fourth-order valence-corrected chi connectivity index (χ4v) is 3.64. The van der Waals surface area contributed by atoms with Gasteiger partial charge in [-0.05, 0) is 36.4 Å². The number of carbonyl (C=O) groups excluding carboxylic acids is 2. The minimum absolute atomic E-state index is 0.0272. The zero-order chi connectivity index (χ0) is 17.9. The Bertz CT molecular complexity index is 889. The Balaban J connectivity index is 1.37. The quantitative estimate of drug-likeness (QED) is 0.750. The second-order valence-corrected chi connectivity index (χ2v) is 7.05. The summed E-state index contributed by atoms with van der Waals surface area (Å²) in [6.07, 6.45) is 3.57. The predicted octanol–water partition coefficient (Wildman–Crippen LogP) is 3.39. The molecule has 1 aliphatic rings. The van der Waals surface area contributed by atoms with Gasteiger partial charge in [0.25, 0.3) is 0 Å². The van der Waals surface area contributed by atoms with Crippen LogP contribution < -0.4 is 5.32 Å². The molecule has 6 nitrogen and oxygen atoms in total. The Kier molecular flexibility index (Phi) is 4.53. The van der Waals surface area contributed by atoms with E-state index in [1.165, 1.54) is 0 Å². The van der Waals surface area contributed by atoms with Crippen LogP contribution in [0.4, 0.5) is 5.69 Å². The Morgan fingerprint density at radius 2 is 2.15 bits per heavy atom. The van der Waals surface area contributed by atoms with Crippen molar-refractivity contribution in [2.24, 2.45) is 5.92 Å². The van der Waals surface area contributed by atoms with E-state index >= 15 is 0 Å². The molecule has 1 N–H and O–H groups in total. The van der Waals surface area contributed by atoms with Crippen molar-refractivity contribution < 1.29 is 14.0 Å². The smallest absolute Gasteiger partial charge is 0.229 e. The Hall–Kier alpha value is -2.93. The van der Waals surface area contributed by atoms with Gasteiger partial charge < -0.3 is 14.6 Å². The number of amides is 2. The van der Waals surface area contributed by atoms with Gasteiger partial charge in [0.1, 0.15) is 10.8 Å². The van der Waals surface area contributed by atoms with Crippen molar-refractivity contribution in [3.05, 3.63) is 60.0 Å². The van der Waals surface area contributed by atoms with Crippen LogP contribution in [0.1, 0.15) is 12.2 Å². The summed E-state index contributed by atoms with van der Waals surface area (Å²) >= 11 is 1.57. The van der Waals surface area contributed by atoms with Crippen LogP contribution >= 0.6 is 11.3 Å². The molecule has 1 unspecified atom stereocenters. The maximum absolute atomic E-state index is 12.5. The molecule has 4 rings (SSSR count). The monoisotopic (exact) mass is 367 g/mol. The third-order valence-corrected chi connectivity index (χ3v) is 5.17. The molecule has 26 heavy (non-hydrogen) atoms. The van der Waals surface area contributed by atoms with Crippen LogP contribution in [0.5, 0.6) is 0 Å². The Morgan fingerprint density at radius 1 is 1.31 bits per heavy atom. The van der Waals surface area contributed by atoms with Crippen molar-refractivity contribution in [2.45, 2.75) is 13.0 Å². The van der Waals surface area contributed by atoms with Crippen LogP contribution in [0.15, 0.2) is 58.7 Å². The van der Waals surface area contributed by atoms with Gasteiger partial charge >= 0.3 is 0 Å². The molecule has 132 valence electrons. The van der Waals surface area contributed by atoms with Crippen LogP contribution in [-0.2, 0) is 16.1 Å². The van der Waals surface area contributed by atoms with Gasteiger partial charge in [-0.15, -0.1) is 11.3 Å². The third kappa shape index (κ3) is 3.52. The van der Waals surface area contributed by atoms with Gasteiger partial charge in [-0.2, -0.15) is 0 Å². The number of rotatable bonds is 5. The fourth-order valence-electron chi connectivity index (χ4n) is 3.00. The van der Waals surface area contributed by atoms with Crippen molar-refractivity contribution in [3.8, 4) is 10.6 Å². The van der Waals surface area contributed by atoms with Gasteiger partial charge in [0.05, 0.1) is 18.7 Å². The van der Waals surface area contributed by atoms with E-state index in [4.69, 9.17) is 4.42 Å². The lowest BCUT2D eigenvalue weighted by molar-refractivity contribution is -0.128. The average Bonchev–Trinajstić information content (AvgIpc) is 3.39. The van der Waals surface area contributed by atoms with Crippen LogP contribution in [-0.4, -0.2) is 28.2 Å². The van der Waals surface area contributed by atoms with E-state index in [-0.39, 0.29) is 24.2 Å². The van der Waals surface area contributed by atoms with Crippen LogP contribution in [0, 0.1) is 5.92 Å². The molecule has 0 aliphatic carbocycles. The highest BCUT2D eigenvalue weighted by molar-refractivity contribution is 7.13. The van der Waals surface area contributed by atoms with Crippen molar-refractivity contribution in [1.29, 1.82) is 0 Å². The average molecular weight is 367 g/mol. The molecule has 7 heteroatoms. The van der Waals surface area contributed by atoms with E-state index < -0.39 is 0 Å².